The summed E-state index contributed by atoms with van der Waals surface area (Å²) in [6, 6.07) is 6.81. The number of hydrogen-bond donors (Lipinski definition) is 0. The maximum atomic E-state index is 10.9. The van der Waals surface area contributed by atoms with Crippen molar-refractivity contribution in [2.24, 2.45) is 0 Å². The summed E-state index contributed by atoms with van der Waals surface area (Å²) in [7, 11) is 0. The quantitative estimate of drug-likeness (QED) is 0.600. The summed E-state index contributed by atoms with van der Waals surface area (Å²) < 4.78 is 0. The van der Waals surface area contributed by atoms with Crippen molar-refractivity contribution in [2.45, 2.75) is 32.6 Å². The van der Waals surface area contributed by atoms with Crippen LogP contribution < -0.4 is 0 Å². The molecule has 0 saturated heterocycles. The number of hydrogen-bond acceptors (Lipinski definition) is 4. The first-order valence-electron chi connectivity index (χ1n) is 5.64. The van der Waals surface area contributed by atoms with Gasteiger partial charge in [0.2, 0.25) is 0 Å². The number of nitro benzene ring substituents is 1. The Kier molecular flexibility index (Phi) is 4.39. The molecule has 0 aliphatic heterocycles. The molecule has 1 aromatic carbocycles. The van der Waals surface area contributed by atoms with E-state index in [9.17, 15) is 10.1 Å². The summed E-state index contributed by atoms with van der Waals surface area (Å²) in [6.45, 7) is 3.85. The Balaban J connectivity index is 3.58. The van der Waals surface area contributed by atoms with Gasteiger partial charge in [0.1, 0.15) is 11.6 Å². The SMILES string of the molecule is CCC(C)c1c(CC#N)ccc([N+](=O)[O-])c1C#N. The Labute approximate surface area is 105 Å². The summed E-state index contributed by atoms with van der Waals surface area (Å²) in [5, 5.41) is 28.8. The standard InChI is InChI=1S/C13H13N3O2/c1-3-9(2)13-10(6-7-14)4-5-12(16(17)18)11(13)8-15/h4-5,9H,3,6H2,1-2H3. The lowest BCUT2D eigenvalue weighted by Gasteiger charge is -2.15. The highest BCUT2D eigenvalue weighted by atomic mass is 16.6. The van der Waals surface area contributed by atoms with Gasteiger partial charge in [0.15, 0.2) is 0 Å². The number of nitrogens with zero attached hydrogens (tertiary/aromatic N) is 3. The lowest BCUT2D eigenvalue weighted by molar-refractivity contribution is -0.385. The lowest BCUT2D eigenvalue weighted by atomic mass is 9.87. The second-order valence-corrected chi connectivity index (χ2v) is 4.05. The van der Waals surface area contributed by atoms with Gasteiger partial charge in [-0.2, -0.15) is 10.5 Å². The maximum Gasteiger partial charge on any atom is 0.287 e. The van der Waals surface area contributed by atoms with Gasteiger partial charge in [-0.15, -0.1) is 0 Å². The summed E-state index contributed by atoms with van der Waals surface area (Å²) >= 11 is 0. The third kappa shape index (κ3) is 2.46. The van der Waals surface area contributed by atoms with Crippen LogP contribution in [-0.4, -0.2) is 4.92 Å². The topological polar surface area (TPSA) is 90.7 Å². The molecule has 1 aromatic rings. The Morgan fingerprint density at radius 3 is 2.56 bits per heavy atom. The fraction of sp³-hybridized carbons (Fsp3) is 0.385. The van der Waals surface area contributed by atoms with Crippen LogP contribution in [0.15, 0.2) is 12.1 Å². The minimum Gasteiger partial charge on any atom is -0.258 e. The van der Waals surface area contributed by atoms with Crippen molar-refractivity contribution in [3.63, 3.8) is 0 Å². The Morgan fingerprint density at radius 2 is 2.11 bits per heavy atom. The van der Waals surface area contributed by atoms with Gasteiger partial charge in [-0.1, -0.05) is 19.9 Å². The van der Waals surface area contributed by atoms with Crippen LogP contribution in [0.5, 0.6) is 0 Å². The van der Waals surface area contributed by atoms with Crippen LogP contribution in [0.4, 0.5) is 5.69 Å². The third-order valence-corrected chi connectivity index (χ3v) is 3.00. The molecule has 0 N–H and O–H groups in total. The molecule has 0 amide bonds. The van der Waals surface area contributed by atoms with Crippen molar-refractivity contribution in [1.29, 1.82) is 10.5 Å². The summed E-state index contributed by atoms with van der Waals surface area (Å²) in [5.74, 6) is 0.0166. The molecule has 18 heavy (non-hydrogen) atoms. The molecule has 1 unspecified atom stereocenters. The highest BCUT2D eigenvalue weighted by molar-refractivity contribution is 5.58. The zero-order chi connectivity index (χ0) is 13.7. The average Bonchev–Trinajstić information content (AvgIpc) is 2.37. The van der Waals surface area contributed by atoms with Crippen LogP contribution in [0.1, 0.15) is 42.9 Å². The first-order chi connectivity index (χ1) is 8.56. The molecule has 5 heteroatoms. The molecule has 1 rings (SSSR count). The smallest absolute Gasteiger partial charge is 0.258 e. The van der Waals surface area contributed by atoms with Crippen molar-refractivity contribution >= 4 is 5.69 Å². The fourth-order valence-corrected chi connectivity index (χ4v) is 1.93. The number of nitro groups is 1. The van der Waals surface area contributed by atoms with E-state index >= 15 is 0 Å². The molecular formula is C13H13N3O2. The van der Waals surface area contributed by atoms with Crippen LogP contribution in [0.3, 0.4) is 0 Å². The van der Waals surface area contributed by atoms with Gasteiger partial charge in [0.25, 0.3) is 5.69 Å². The van der Waals surface area contributed by atoms with E-state index in [-0.39, 0.29) is 23.6 Å². The zero-order valence-corrected chi connectivity index (χ0v) is 10.3. The molecule has 92 valence electrons. The lowest BCUT2D eigenvalue weighted by Crippen LogP contribution is -2.05. The number of rotatable bonds is 4. The Hall–Kier alpha value is -2.40. The largest absolute Gasteiger partial charge is 0.287 e. The highest BCUT2D eigenvalue weighted by Gasteiger charge is 2.23. The van der Waals surface area contributed by atoms with E-state index in [2.05, 4.69) is 0 Å². The van der Waals surface area contributed by atoms with E-state index in [0.717, 1.165) is 6.42 Å². The van der Waals surface area contributed by atoms with Crippen LogP contribution >= 0.6 is 0 Å². The second-order valence-electron chi connectivity index (χ2n) is 4.05. The Morgan fingerprint density at radius 1 is 1.44 bits per heavy atom. The molecule has 0 fully saturated rings. The molecule has 0 aromatic heterocycles. The molecule has 5 nitrogen and oxygen atoms in total. The van der Waals surface area contributed by atoms with Crippen LogP contribution in [0.25, 0.3) is 0 Å². The van der Waals surface area contributed by atoms with Gasteiger partial charge in [-0.05, 0) is 23.5 Å². The van der Waals surface area contributed by atoms with Gasteiger partial charge in [-0.3, -0.25) is 10.1 Å². The molecular weight excluding hydrogens is 230 g/mol. The van der Waals surface area contributed by atoms with Crippen molar-refractivity contribution < 1.29 is 4.92 Å². The molecule has 0 heterocycles. The van der Waals surface area contributed by atoms with Crippen molar-refractivity contribution in [1.82, 2.24) is 0 Å². The van der Waals surface area contributed by atoms with E-state index in [1.54, 1.807) is 6.07 Å². The summed E-state index contributed by atoms with van der Waals surface area (Å²) in [5.41, 5.74) is 1.24. The molecule has 0 bridgehead atoms. The zero-order valence-electron chi connectivity index (χ0n) is 10.3. The molecule has 0 saturated carbocycles. The van der Waals surface area contributed by atoms with Crippen molar-refractivity contribution in [3.8, 4) is 12.1 Å². The second kappa shape index (κ2) is 5.79. The van der Waals surface area contributed by atoms with Gasteiger partial charge < -0.3 is 0 Å². The van der Waals surface area contributed by atoms with Crippen molar-refractivity contribution in [2.75, 3.05) is 0 Å². The minimum atomic E-state index is -0.555. The van der Waals surface area contributed by atoms with E-state index in [1.807, 2.05) is 26.0 Å². The average molecular weight is 243 g/mol. The normalized spacial score (nSPS) is 11.3. The van der Waals surface area contributed by atoms with E-state index in [1.165, 1.54) is 6.07 Å². The summed E-state index contributed by atoms with van der Waals surface area (Å²) in [4.78, 5) is 10.3. The van der Waals surface area contributed by atoms with E-state index in [0.29, 0.717) is 11.1 Å². The summed E-state index contributed by atoms with van der Waals surface area (Å²) in [6.07, 6.45) is 0.917. The van der Waals surface area contributed by atoms with Gasteiger partial charge in [-0.25, -0.2) is 0 Å². The minimum absolute atomic E-state index is 0.0166. The van der Waals surface area contributed by atoms with Crippen LogP contribution in [-0.2, 0) is 6.42 Å². The first-order valence-corrected chi connectivity index (χ1v) is 5.64. The number of nitriles is 2. The van der Waals surface area contributed by atoms with Gasteiger partial charge in [0.05, 0.1) is 17.4 Å². The van der Waals surface area contributed by atoms with Crippen LogP contribution in [0, 0.1) is 32.8 Å². The molecule has 0 aliphatic carbocycles. The predicted octanol–water partition coefficient (Wildman–Crippen LogP) is 3.05. The maximum absolute atomic E-state index is 10.9. The van der Waals surface area contributed by atoms with E-state index in [4.69, 9.17) is 10.5 Å². The number of benzene rings is 1. The van der Waals surface area contributed by atoms with E-state index < -0.39 is 4.92 Å². The first kappa shape index (κ1) is 13.7. The molecule has 1 atom stereocenters. The highest BCUT2D eigenvalue weighted by Crippen LogP contribution is 2.32. The molecule has 0 radical (unpaired) electrons. The Bertz CT molecular complexity index is 553. The predicted molar refractivity (Wildman–Crippen MR) is 65.8 cm³/mol. The molecule has 0 aliphatic rings. The van der Waals surface area contributed by atoms with Gasteiger partial charge in [0, 0.05) is 6.07 Å². The third-order valence-electron chi connectivity index (χ3n) is 3.00. The monoisotopic (exact) mass is 243 g/mol. The fourth-order valence-electron chi connectivity index (χ4n) is 1.93. The molecule has 0 spiro atoms. The van der Waals surface area contributed by atoms with Gasteiger partial charge >= 0.3 is 0 Å². The van der Waals surface area contributed by atoms with Crippen molar-refractivity contribution in [3.05, 3.63) is 38.9 Å². The van der Waals surface area contributed by atoms with Crippen LogP contribution in [0.2, 0.25) is 0 Å².